The molecule has 0 aliphatic carbocycles. The number of barbiturate groups is 1. The molecule has 1 aromatic heterocycles. The summed E-state index contributed by atoms with van der Waals surface area (Å²) in [6, 6.07) is 9.00. The van der Waals surface area contributed by atoms with Gasteiger partial charge >= 0.3 is 6.03 Å². The van der Waals surface area contributed by atoms with Crippen molar-refractivity contribution in [3.63, 3.8) is 0 Å². The van der Waals surface area contributed by atoms with E-state index in [1.165, 1.54) is 50.5 Å². The lowest BCUT2D eigenvalue weighted by atomic mass is 9.92. The molecule has 2 aromatic carbocycles. The number of nitrogens with one attached hydrogen (secondary N) is 1. The summed E-state index contributed by atoms with van der Waals surface area (Å²) < 4.78 is 27.1. The molecule has 3 aromatic rings. The third-order valence-corrected chi connectivity index (χ3v) is 5.54. The van der Waals surface area contributed by atoms with Crippen molar-refractivity contribution in [2.45, 2.75) is 6.42 Å². The van der Waals surface area contributed by atoms with Crippen LogP contribution in [0.3, 0.4) is 0 Å². The summed E-state index contributed by atoms with van der Waals surface area (Å²) >= 11 is 0. The molecule has 7 nitrogen and oxygen atoms in total. The first-order chi connectivity index (χ1) is 15.3. The van der Waals surface area contributed by atoms with Crippen molar-refractivity contribution in [2.24, 2.45) is 10.9 Å². The number of hydrogen-bond acceptors (Lipinski definition) is 4. The number of nitrogens with zero attached hydrogens (tertiary/aromatic N) is 3. The van der Waals surface area contributed by atoms with Crippen molar-refractivity contribution in [1.82, 2.24) is 14.8 Å². The summed E-state index contributed by atoms with van der Waals surface area (Å²) in [5.74, 6) is -3.55. The van der Waals surface area contributed by atoms with E-state index in [-0.39, 0.29) is 18.1 Å². The largest absolute Gasteiger partial charge is 0.361 e. The van der Waals surface area contributed by atoms with Crippen LogP contribution in [-0.4, -0.2) is 59.0 Å². The molecule has 4 amide bonds. The fourth-order valence-electron chi connectivity index (χ4n) is 3.76. The van der Waals surface area contributed by atoms with E-state index in [0.29, 0.717) is 12.0 Å². The number of carbonyl (C=O) groups is 3. The number of aromatic nitrogens is 1. The van der Waals surface area contributed by atoms with Crippen LogP contribution in [0.25, 0.3) is 10.9 Å². The Morgan fingerprint density at radius 1 is 0.969 bits per heavy atom. The number of imide groups is 2. The molecule has 0 atom stereocenters. The van der Waals surface area contributed by atoms with E-state index in [9.17, 15) is 23.2 Å². The van der Waals surface area contributed by atoms with Gasteiger partial charge < -0.3 is 4.98 Å². The molecule has 0 saturated carbocycles. The number of benzene rings is 2. The number of fused-ring (bicyclic) bond motifs is 1. The normalized spacial score (nSPS) is 15.9. The third kappa shape index (κ3) is 3.77. The molecule has 1 aliphatic heterocycles. The van der Waals surface area contributed by atoms with E-state index in [0.717, 1.165) is 26.3 Å². The molecule has 1 fully saturated rings. The molecule has 0 bridgehead atoms. The Balaban J connectivity index is 1.69. The van der Waals surface area contributed by atoms with Crippen LogP contribution in [0, 0.1) is 17.6 Å². The summed E-state index contributed by atoms with van der Waals surface area (Å²) in [6.45, 7) is 0.189. The minimum absolute atomic E-state index is 0.150. The van der Waals surface area contributed by atoms with Crippen LogP contribution < -0.4 is 0 Å². The minimum atomic E-state index is -1.33. The second-order valence-corrected chi connectivity index (χ2v) is 7.54. The maximum Gasteiger partial charge on any atom is 0.332 e. The van der Waals surface area contributed by atoms with E-state index < -0.39 is 29.6 Å². The van der Waals surface area contributed by atoms with Gasteiger partial charge in [0.05, 0.1) is 5.71 Å². The lowest BCUT2D eigenvalue weighted by Gasteiger charge is -2.33. The lowest BCUT2D eigenvalue weighted by Crippen LogP contribution is -2.59. The van der Waals surface area contributed by atoms with Gasteiger partial charge in [-0.15, -0.1) is 0 Å². The standard InChI is InChI=1S/C23H20F2N4O3/c1-28-21(30)19(22(31)29(2)23(28)32)20(13-3-5-15(24)6-4-13)26-10-9-14-12-27-18-8-7-16(25)11-17(14)18/h3-8,11-12,19,27H,9-10H2,1-2H3. The molecule has 0 spiro atoms. The highest BCUT2D eigenvalue weighted by Crippen LogP contribution is 2.23. The summed E-state index contributed by atoms with van der Waals surface area (Å²) in [7, 11) is 2.59. The highest BCUT2D eigenvalue weighted by molar-refractivity contribution is 6.30. The molecule has 2 heterocycles. The highest BCUT2D eigenvalue weighted by Gasteiger charge is 2.45. The minimum Gasteiger partial charge on any atom is -0.361 e. The van der Waals surface area contributed by atoms with Crippen LogP contribution in [0.15, 0.2) is 53.7 Å². The number of H-pyrrole nitrogens is 1. The third-order valence-electron chi connectivity index (χ3n) is 5.54. The van der Waals surface area contributed by atoms with Crippen molar-refractivity contribution in [3.05, 3.63) is 71.4 Å². The first-order valence-electron chi connectivity index (χ1n) is 9.93. The number of aromatic amines is 1. The van der Waals surface area contributed by atoms with Crippen LogP contribution in [0.4, 0.5) is 13.6 Å². The maximum atomic E-state index is 13.6. The number of rotatable bonds is 5. The van der Waals surface area contributed by atoms with E-state index >= 15 is 0 Å². The molecule has 0 radical (unpaired) electrons. The first kappa shape index (κ1) is 21.4. The topological polar surface area (TPSA) is 85.8 Å². The Labute approximate surface area is 182 Å². The smallest absolute Gasteiger partial charge is 0.332 e. The Kier molecular flexibility index (Phi) is 5.56. The zero-order valence-electron chi connectivity index (χ0n) is 17.4. The van der Waals surface area contributed by atoms with Gasteiger partial charge in [0.25, 0.3) is 0 Å². The molecule has 9 heteroatoms. The van der Waals surface area contributed by atoms with Crippen LogP contribution in [-0.2, 0) is 16.0 Å². The zero-order chi connectivity index (χ0) is 23.0. The number of amides is 4. The molecule has 164 valence electrons. The van der Waals surface area contributed by atoms with Gasteiger partial charge in [0, 0.05) is 37.7 Å². The SMILES string of the molecule is CN1C(=O)C(C(=NCCc2c[nH]c3ccc(F)cc23)c2ccc(F)cc2)C(=O)N(C)C1=O. The van der Waals surface area contributed by atoms with Gasteiger partial charge in [-0.1, -0.05) is 12.1 Å². The van der Waals surface area contributed by atoms with Crippen molar-refractivity contribution >= 4 is 34.5 Å². The highest BCUT2D eigenvalue weighted by atomic mass is 19.1. The van der Waals surface area contributed by atoms with E-state index in [2.05, 4.69) is 9.98 Å². The number of halogens is 2. The molecule has 1 N–H and O–H groups in total. The van der Waals surface area contributed by atoms with E-state index in [1.807, 2.05) is 0 Å². The second kappa shape index (κ2) is 8.33. The molecular formula is C23H20F2N4O3. The maximum absolute atomic E-state index is 13.6. The van der Waals surface area contributed by atoms with Gasteiger partial charge in [-0.2, -0.15) is 0 Å². The first-order valence-corrected chi connectivity index (χ1v) is 9.93. The monoisotopic (exact) mass is 438 g/mol. The predicted octanol–water partition coefficient (Wildman–Crippen LogP) is 3.14. The Hall–Kier alpha value is -3.88. The summed E-state index contributed by atoms with van der Waals surface area (Å²) in [5.41, 5.74) is 2.16. The molecule has 0 unspecified atom stereocenters. The quantitative estimate of drug-likeness (QED) is 0.491. The average molecular weight is 438 g/mol. The van der Waals surface area contributed by atoms with Crippen molar-refractivity contribution in [1.29, 1.82) is 0 Å². The molecule has 4 rings (SSSR count). The molecule has 1 aliphatic rings. The Bertz CT molecular complexity index is 1230. The van der Waals surface area contributed by atoms with Crippen molar-refractivity contribution in [2.75, 3.05) is 20.6 Å². The second-order valence-electron chi connectivity index (χ2n) is 7.54. The summed E-state index contributed by atoms with van der Waals surface area (Å²) in [4.78, 5) is 47.1. The number of aliphatic imine (C=N–C) groups is 1. The Morgan fingerprint density at radius 3 is 2.25 bits per heavy atom. The lowest BCUT2D eigenvalue weighted by molar-refractivity contribution is -0.144. The van der Waals surface area contributed by atoms with Gasteiger partial charge in [0.15, 0.2) is 5.92 Å². The van der Waals surface area contributed by atoms with Crippen molar-refractivity contribution < 1.29 is 23.2 Å². The molecule has 1 saturated heterocycles. The van der Waals surface area contributed by atoms with Gasteiger partial charge in [0.1, 0.15) is 11.6 Å². The summed E-state index contributed by atoms with van der Waals surface area (Å²) in [6.07, 6.45) is 2.17. The van der Waals surface area contributed by atoms with Crippen LogP contribution in [0.2, 0.25) is 0 Å². The number of carbonyl (C=O) groups excluding carboxylic acids is 3. The zero-order valence-corrected chi connectivity index (χ0v) is 17.4. The van der Waals surface area contributed by atoms with E-state index in [4.69, 9.17) is 0 Å². The van der Waals surface area contributed by atoms with Gasteiger partial charge in [0.2, 0.25) is 11.8 Å². The average Bonchev–Trinajstić information content (AvgIpc) is 3.18. The Morgan fingerprint density at radius 2 is 1.59 bits per heavy atom. The van der Waals surface area contributed by atoms with Gasteiger partial charge in [-0.25, -0.2) is 13.6 Å². The molecular weight excluding hydrogens is 418 g/mol. The predicted molar refractivity (Wildman–Crippen MR) is 114 cm³/mol. The van der Waals surface area contributed by atoms with Gasteiger partial charge in [-0.3, -0.25) is 24.4 Å². The fraction of sp³-hybridized carbons (Fsp3) is 0.217. The molecule has 32 heavy (non-hydrogen) atoms. The number of hydrogen-bond donors (Lipinski definition) is 1. The van der Waals surface area contributed by atoms with Crippen LogP contribution >= 0.6 is 0 Å². The number of urea groups is 1. The van der Waals surface area contributed by atoms with E-state index in [1.54, 1.807) is 12.3 Å². The van der Waals surface area contributed by atoms with Crippen LogP contribution in [0.1, 0.15) is 11.1 Å². The van der Waals surface area contributed by atoms with Crippen LogP contribution in [0.5, 0.6) is 0 Å². The van der Waals surface area contributed by atoms with Gasteiger partial charge in [-0.05, 0) is 47.9 Å². The fourth-order valence-corrected chi connectivity index (χ4v) is 3.76. The van der Waals surface area contributed by atoms with Crippen molar-refractivity contribution in [3.8, 4) is 0 Å². The summed E-state index contributed by atoms with van der Waals surface area (Å²) in [5, 5.41) is 0.721.